The number of ketones is 1. The predicted molar refractivity (Wildman–Crippen MR) is 115 cm³/mol. The highest BCUT2D eigenvalue weighted by Crippen LogP contribution is 2.64. The number of hydrogen-bond acceptors (Lipinski definition) is 4. The lowest BCUT2D eigenvalue weighted by molar-refractivity contribution is -0.155. The summed E-state index contributed by atoms with van der Waals surface area (Å²) in [6.45, 7) is 11.6. The van der Waals surface area contributed by atoms with Crippen molar-refractivity contribution in [3.63, 3.8) is 0 Å². The Bertz CT molecular complexity index is 671. The van der Waals surface area contributed by atoms with Crippen LogP contribution in [0.1, 0.15) is 65.2 Å². The number of fused-ring (bicyclic) bond motifs is 5. The molecule has 0 spiro atoms. The maximum Gasteiger partial charge on any atom is 0.184 e. The van der Waals surface area contributed by atoms with Gasteiger partial charge in [0.15, 0.2) is 8.32 Å². The lowest BCUT2D eigenvalue weighted by Crippen LogP contribution is -2.58. The fourth-order valence-corrected chi connectivity index (χ4v) is 8.91. The number of oxime groups is 1. The van der Waals surface area contributed by atoms with Gasteiger partial charge in [0.05, 0.1) is 5.71 Å². The van der Waals surface area contributed by atoms with Crippen LogP contribution in [0.15, 0.2) is 5.16 Å². The summed E-state index contributed by atoms with van der Waals surface area (Å²) in [6, 6.07) is 0. The van der Waals surface area contributed by atoms with Gasteiger partial charge in [-0.2, -0.15) is 0 Å². The van der Waals surface area contributed by atoms with Crippen LogP contribution in [0, 0.1) is 34.5 Å². The molecule has 0 saturated heterocycles. The summed E-state index contributed by atoms with van der Waals surface area (Å²) >= 11 is 0. The summed E-state index contributed by atoms with van der Waals surface area (Å²) in [5.74, 6) is 2.53. The second-order valence-corrected chi connectivity index (χ2v) is 15.9. The molecule has 0 aromatic rings. The molecule has 0 aliphatic heterocycles. The molecule has 7 unspecified atom stereocenters. The van der Waals surface area contributed by atoms with E-state index in [4.69, 9.17) is 9.26 Å². The first kappa shape index (κ1) is 20.6. The smallest absolute Gasteiger partial charge is 0.184 e. The highest BCUT2D eigenvalue weighted by molar-refractivity contribution is 6.69. The summed E-state index contributed by atoms with van der Waals surface area (Å²) in [5.41, 5.74) is 1.23. The molecule has 0 aromatic carbocycles. The molecule has 0 heterocycles. The Labute approximate surface area is 171 Å². The second-order valence-electron chi connectivity index (χ2n) is 11.5. The van der Waals surface area contributed by atoms with E-state index in [1.54, 1.807) is 7.11 Å². The van der Waals surface area contributed by atoms with Crippen molar-refractivity contribution >= 4 is 19.8 Å². The van der Waals surface area contributed by atoms with Gasteiger partial charge in [0.25, 0.3) is 0 Å². The molecule has 0 bridgehead atoms. The standard InChI is InChI=1S/C23H39NO3Si/c1-22-12-11-16(27-28(4,5)6)13-15(22)7-8-17-18-9-10-20(24-26-3)23(18,2)14-19(25)21(17)22/h15-18,21H,7-14H2,1-6H3/b24-20+. The summed E-state index contributed by atoms with van der Waals surface area (Å²) in [5, 5.41) is 4.35. The van der Waals surface area contributed by atoms with Crippen molar-refractivity contribution in [3.05, 3.63) is 0 Å². The van der Waals surface area contributed by atoms with Gasteiger partial charge in [-0.3, -0.25) is 4.79 Å². The van der Waals surface area contributed by atoms with E-state index in [1.165, 1.54) is 19.3 Å². The SMILES string of the molecule is CO/N=C1\CCC2C3CCC4CC(O[Si](C)(C)C)CCC4(C)C3C(=O)CC12C. The predicted octanol–water partition coefficient (Wildman–Crippen LogP) is 5.43. The van der Waals surface area contributed by atoms with Gasteiger partial charge in [0.2, 0.25) is 0 Å². The van der Waals surface area contributed by atoms with Gasteiger partial charge in [-0.1, -0.05) is 19.0 Å². The van der Waals surface area contributed by atoms with E-state index in [1.807, 2.05) is 0 Å². The molecule has 0 aromatic heterocycles. The number of rotatable bonds is 3. The Balaban J connectivity index is 1.58. The molecule has 0 radical (unpaired) electrons. The second kappa shape index (κ2) is 6.94. The lowest BCUT2D eigenvalue weighted by atomic mass is 9.45. The zero-order valence-corrected chi connectivity index (χ0v) is 19.7. The third kappa shape index (κ3) is 3.21. The average Bonchev–Trinajstić information content (AvgIpc) is 2.90. The molecule has 4 nitrogen and oxygen atoms in total. The highest BCUT2D eigenvalue weighted by Gasteiger charge is 2.63. The molecule has 28 heavy (non-hydrogen) atoms. The van der Waals surface area contributed by atoms with Crippen LogP contribution in [0.5, 0.6) is 0 Å². The Hall–Kier alpha value is -0.683. The molecule has 4 rings (SSSR count). The van der Waals surface area contributed by atoms with Crippen molar-refractivity contribution in [1.82, 2.24) is 0 Å². The normalized spacial score (nSPS) is 47.4. The van der Waals surface area contributed by atoms with Crippen LogP contribution >= 0.6 is 0 Å². The maximum absolute atomic E-state index is 13.6. The van der Waals surface area contributed by atoms with E-state index in [0.717, 1.165) is 31.4 Å². The zero-order valence-electron chi connectivity index (χ0n) is 18.7. The topological polar surface area (TPSA) is 47.9 Å². The van der Waals surface area contributed by atoms with E-state index >= 15 is 0 Å². The van der Waals surface area contributed by atoms with E-state index in [2.05, 4.69) is 38.6 Å². The van der Waals surface area contributed by atoms with Gasteiger partial charge >= 0.3 is 0 Å². The first-order valence-corrected chi connectivity index (χ1v) is 14.8. The fourth-order valence-electron chi connectivity index (χ4n) is 7.70. The summed E-state index contributed by atoms with van der Waals surface area (Å²) in [4.78, 5) is 18.7. The zero-order chi connectivity index (χ0) is 20.3. The molecule has 5 heteroatoms. The molecule has 4 saturated carbocycles. The Morgan fingerprint density at radius 3 is 2.54 bits per heavy atom. The molecular weight excluding hydrogens is 366 g/mol. The van der Waals surface area contributed by atoms with E-state index in [-0.39, 0.29) is 16.7 Å². The van der Waals surface area contributed by atoms with Crippen molar-refractivity contribution in [2.75, 3.05) is 7.11 Å². The van der Waals surface area contributed by atoms with Crippen molar-refractivity contribution in [2.45, 2.75) is 91.0 Å². The molecule has 4 aliphatic rings. The van der Waals surface area contributed by atoms with Crippen LogP contribution in [0.25, 0.3) is 0 Å². The van der Waals surface area contributed by atoms with E-state index < -0.39 is 8.32 Å². The number of Topliss-reactive ketones (excluding diaryl/α,β-unsaturated/α-hetero) is 1. The average molecular weight is 406 g/mol. The summed E-state index contributed by atoms with van der Waals surface area (Å²) in [6.07, 6.45) is 9.17. The molecule has 0 N–H and O–H groups in total. The minimum absolute atomic E-state index is 0.0738. The van der Waals surface area contributed by atoms with Gasteiger partial charge in [-0.25, -0.2) is 0 Å². The largest absolute Gasteiger partial charge is 0.415 e. The van der Waals surface area contributed by atoms with Crippen molar-refractivity contribution in [1.29, 1.82) is 0 Å². The fraction of sp³-hybridized carbons (Fsp3) is 0.913. The monoisotopic (exact) mass is 405 g/mol. The third-order valence-corrected chi connectivity index (χ3v) is 9.81. The van der Waals surface area contributed by atoms with Gasteiger partial charge in [0.1, 0.15) is 12.9 Å². The molecule has 7 atom stereocenters. The molecule has 158 valence electrons. The van der Waals surface area contributed by atoms with Gasteiger partial charge in [-0.15, -0.1) is 0 Å². The highest BCUT2D eigenvalue weighted by atomic mass is 28.4. The van der Waals surface area contributed by atoms with Gasteiger partial charge in [0, 0.05) is 23.9 Å². The molecule has 0 amide bonds. The number of carbonyl (C=O) groups excluding carboxylic acids is 1. The van der Waals surface area contributed by atoms with E-state index in [0.29, 0.717) is 36.1 Å². The Kier molecular flexibility index (Phi) is 5.10. The number of nitrogens with zero attached hydrogens (tertiary/aromatic N) is 1. The van der Waals surface area contributed by atoms with E-state index in [9.17, 15) is 4.79 Å². The van der Waals surface area contributed by atoms with Crippen LogP contribution < -0.4 is 0 Å². The number of hydrogen-bond donors (Lipinski definition) is 0. The lowest BCUT2D eigenvalue weighted by Gasteiger charge is -2.59. The van der Waals surface area contributed by atoms with Crippen molar-refractivity contribution < 1.29 is 14.1 Å². The minimum Gasteiger partial charge on any atom is -0.415 e. The Morgan fingerprint density at radius 2 is 1.86 bits per heavy atom. The Morgan fingerprint density at radius 1 is 1.11 bits per heavy atom. The first-order valence-electron chi connectivity index (χ1n) is 11.4. The van der Waals surface area contributed by atoms with Gasteiger partial charge in [-0.05, 0) is 87.8 Å². The minimum atomic E-state index is -1.51. The van der Waals surface area contributed by atoms with Crippen molar-refractivity contribution in [2.24, 2.45) is 39.7 Å². The van der Waals surface area contributed by atoms with Crippen molar-refractivity contribution in [3.8, 4) is 0 Å². The van der Waals surface area contributed by atoms with Crippen LogP contribution in [-0.2, 0) is 14.1 Å². The first-order chi connectivity index (χ1) is 13.1. The van der Waals surface area contributed by atoms with Crippen LogP contribution in [0.3, 0.4) is 0 Å². The molecule has 4 aliphatic carbocycles. The summed E-state index contributed by atoms with van der Waals surface area (Å²) in [7, 11) is 0.121. The quantitative estimate of drug-likeness (QED) is 0.464. The van der Waals surface area contributed by atoms with Gasteiger partial charge < -0.3 is 9.26 Å². The third-order valence-electron chi connectivity index (χ3n) is 8.77. The molecular formula is C23H39NO3Si. The maximum atomic E-state index is 13.6. The van der Waals surface area contributed by atoms with Crippen LogP contribution in [0.4, 0.5) is 0 Å². The molecule has 4 fully saturated rings. The summed E-state index contributed by atoms with van der Waals surface area (Å²) < 4.78 is 6.49. The number of carbonyl (C=O) groups is 1. The van der Waals surface area contributed by atoms with Crippen LogP contribution in [-0.4, -0.2) is 33.0 Å². The van der Waals surface area contributed by atoms with Crippen LogP contribution in [0.2, 0.25) is 19.6 Å².